The first-order valence-electron chi connectivity index (χ1n) is 6.89. The van der Waals surface area contributed by atoms with Crippen molar-refractivity contribution >= 4 is 27.9 Å². The van der Waals surface area contributed by atoms with Crippen LogP contribution in [0.3, 0.4) is 0 Å². The van der Waals surface area contributed by atoms with Crippen molar-refractivity contribution in [2.24, 2.45) is 7.05 Å². The lowest BCUT2D eigenvalue weighted by Gasteiger charge is -2.12. The van der Waals surface area contributed by atoms with E-state index in [4.69, 9.17) is 16.3 Å². The van der Waals surface area contributed by atoms with E-state index in [2.05, 4.69) is 16.7 Å². The molecule has 0 aliphatic carbocycles. The standard InChI is InChI=1S/C17H16ClN3O/c1-11(2)13-4-5-16(15-8-19-17(18)6-14(13)15)22-10-12-7-20-21(3)9-12/h4-9H,1,10H2,2-3H3. The Balaban J connectivity index is 1.99. The van der Waals surface area contributed by atoms with Crippen LogP contribution >= 0.6 is 11.6 Å². The largest absolute Gasteiger partial charge is 0.488 e. The average molecular weight is 314 g/mol. The fourth-order valence-corrected chi connectivity index (χ4v) is 2.55. The molecule has 2 aromatic heterocycles. The Morgan fingerprint density at radius 2 is 2.14 bits per heavy atom. The molecule has 0 fully saturated rings. The van der Waals surface area contributed by atoms with Gasteiger partial charge < -0.3 is 4.74 Å². The van der Waals surface area contributed by atoms with Crippen molar-refractivity contribution in [3.63, 3.8) is 0 Å². The molecule has 0 aliphatic rings. The van der Waals surface area contributed by atoms with Crippen LogP contribution in [-0.4, -0.2) is 14.8 Å². The second-order valence-corrected chi connectivity index (χ2v) is 5.64. The second kappa shape index (κ2) is 5.81. The van der Waals surface area contributed by atoms with Crippen LogP contribution in [0.15, 0.2) is 43.4 Å². The first-order valence-corrected chi connectivity index (χ1v) is 7.27. The molecule has 2 heterocycles. The van der Waals surface area contributed by atoms with E-state index in [1.54, 1.807) is 17.1 Å². The average Bonchev–Trinajstić information content (AvgIpc) is 2.89. The van der Waals surface area contributed by atoms with E-state index in [0.717, 1.165) is 33.2 Å². The van der Waals surface area contributed by atoms with Crippen LogP contribution in [0.1, 0.15) is 18.1 Å². The minimum atomic E-state index is 0.456. The zero-order chi connectivity index (χ0) is 15.7. The van der Waals surface area contributed by atoms with Crippen LogP contribution in [0.2, 0.25) is 5.15 Å². The molecule has 0 amide bonds. The molecule has 1 aromatic carbocycles. The first kappa shape index (κ1) is 14.6. The Morgan fingerprint density at radius 3 is 2.82 bits per heavy atom. The Bertz CT molecular complexity index is 854. The third kappa shape index (κ3) is 2.83. The number of pyridine rings is 1. The third-order valence-electron chi connectivity index (χ3n) is 3.44. The lowest BCUT2D eigenvalue weighted by atomic mass is 10.0. The highest BCUT2D eigenvalue weighted by molar-refractivity contribution is 6.30. The van der Waals surface area contributed by atoms with Gasteiger partial charge in [-0.25, -0.2) is 4.98 Å². The Hall–Kier alpha value is -2.33. The van der Waals surface area contributed by atoms with Crippen LogP contribution in [0.5, 0.6) is 5.75 Å². The predicted molar refractivity (Wildman–Crippen MR) is 89.0 cm³/mol. The van der Waals surface area contributed by atoms with Crippen molar-refractivity contribution in [3.05, 3.63) is 59.6 Å². The molecule has 0 unspecified atom stereocenters. The summed E-state index contributed by atoms with van der Waals surface area (Å²) in [4.78, 5) is 4.17. The summed E-state index contributed by atoms with van der Waals surface area (Å²) in [7, 11) is 1.88. The van der Waals surface area contributed by atoms with Gasteiger partial charge in [0.15, 0.2) is 0 Å². The Labute approximate surface area is 134 Å². The number of halogens is 1. The number of allylic oxidation sites excluding steroid dienone is 1. The zero-order valence-electron chi connectivity index (χ0n) is 12.5. The molecule has 5 heteroatoms. The van der Waals surface area contributed by atoms with Crippen LogP contribution in [0, 0.1) is 0 Å². The van der Waals surface area contributed by atoms with Gasteiger partial charge in [-0.3, -0.25) is 4.68 Å². The van der Waals surface area contributed by atoms with Crippen LogP contribution in [-0.2, 0) is 13.7 Å². The fourth-order valence-electron chi connectivity index (χ4n) is 2.39. The highest BCUT2D eigenvalue weighted by Gasteiger charge is 2.10. The maximum Gasteiger partial charge on any atom is 0.129 e. The summed E-state index contributed by atoms with van der Waals surface area (Å²) in [6.07, 6.45) is 5.46. The van der Waals surface area contributed by atoms with E-state index in [1.165, 1.54) is 0 Å². The zero-order valence-corrected chi connectivity index (χ0v) is 13.3. The quantitative estimate of drug-likeness (QED) is 0.677. The SMILES string of the molecule is C=C(C)c1ccc(OCc2cnn(C)c2)c2cnc(Cl)cc12. The number of hydrogen-bond donors (Lipinski definition) is 0. The summed E-state index contributed by atoms with van der Waals surface area (Å²) in [5, 5.41) is 6.51. The maximum atomic E-state index is 6.03. The van der Waals surface area contributed by atoms with Gasteiger partial charge in [0.25, 0.3) is 0 Å². The van der Waals surface area contributed by atoms with E-state index < -0.39 is 0 Å². The minimum absolute atomic E-state index is 0.456. The molecular weight excluding hydrogens is 298 g/mol. The molecule has 0 bridgehead atoms. The molecule has 0 saturated heterocycles. The summed E-state index contributed by atoms with van der Waals surface area (Å²) < 4.78 is 7.68. The number of fused-ring (bicyclic) bond motifs is 1. The number of aromatic nitrogens is 3. The number of ether oxygens (including phenoxy) is 1. The van der Waals surface area contributed by atoms with Gasteiger partial charge in [0, 0.05) is 30.4 Å². The number of hydrogen-bond acceptors (Lipinski definition) is 3. The van der Waals surface area contributed by atoms with Crippen molar-refractivity contribution < 1.29 is 4.74 Å². The predicted octanol–water partition coefficient (Wildman–Crippen LogP) is 4.23. The van der Waals surface area contributed by atoms with Crippen LogP contribution in [0.25, 0.3) is 16.3 Å². The fraction of sp³-hybridized carbons (Fsp3) is 0.176. The van der Waals surface area contributed by atoms with Crippen molar-refractivity contribution in [1.82, 2.24) is 14.8 Å². The molecule has 0 atom stereocenters. The van der Waals surface area contributed by atoms with Crippen molar-refractivity contribution in [3.8, 4) is 5.75 Å². The van der Waals surface area contributed by atoms with Crippen LogP contribution in [0.4, 0.5) is 0 Å². The summed E-state index contributed by atoms with van der Waals surface area (Å²) in [5.74, 6) is 0.771. The lowest BCUT2D eigenvalue weighted by Crippen LogP contribution is -1.96. The first-order chi connectivity index (χ1) is 10.5. The topological polar surface area (TPSA) is 39.9 Å². The normalized spacial score (nSPS) is 10.9. The second-order valence-electron chi connectivity index (χ2n) is 5.26. The number of benzene rings is 1. The highest BCUT2D eigenvalue weighted by atomic mass is 35.5. The van der Waals surface area contributed by atoms with Gasteiger partial charge in [-0.2, -0.15) is 5.10 Å². The monoisotopic (exact) mass is 313 g/mol. The molecule has 0 aliphatic heterocycles. The van der Waals surface area contributed by atoms with E-state index in [0.29, 0.717) is 11.8 Å². The number of nitrogens with zero attached hydrogens (tertiary/aromatic N) is 3. The summed E-state index contributed by atoms with van der Waals surface area (Å²) in [5.41, 5.74) is 3.04. The van der Waals surface area contributed by atoms with Crippen LogP contribution < -0.4 is 4.74 Å². The van der Waals surface area contributed by atoms with E-state index in [-0.39, 0.29) is 0 Å². The molecule has 112 valence electrons. The smallest absolute Gasteiger partial charge is 0.129 e. The van der Waals surface area contributed by atoms with Gasteiger partial charge in [-0.05, 0) is 30.0 Å². The summed E-state index contributed by atoms with van der Waals surface area (Å²) in [6.45, 7) is 6.44. The molecule has 0 radical (unpaired) electrons. The van der Waals surface area contributed by atoms with Gasteiger partial charge in [0.05, 0.1) is 6.20 Å². The Morgan fingerprint density at radius 1 is 1.32 bits per heavy atom. The third-order valence-corrected chi connectivity index (χ3v) is 3.65. The summed E-state index contributed by atoms with van der Waals surface area (Å²) in [6, 6.07) is 5.79. The lowest BCUT2D eigenvalue weighted by molar-refractivity contribution is 0.310. The molecule has 0 N–H and O–H groups in total. The highest BCUT2D eigenvalue weighted by Crippen LogP contribution is 2.32. The molecule has 3 aromatic rings. The van der Waals surface area contributed by atoms with Gasteiger partial charge >= 0.3 is 0 Å². The van der Waals surface area contributed by atoms with E-state index >= 15 is 0 Å². The maximum absolute atomic E-state index is 6.03. The number of aryl methyl sites for hydroxylation is 1. The number of rotatable bonds is 4. The molecule has 4 nitrogen and oxygen atoms in total. The van der Waals surface area contributed by atoms with Crippen molar-refractivity contribution in [1.29, 1.82) is 0 Å². The summed E-state index contributed by atoms with van der Waals surface area (Å²) >= 11 is 6.03. The molecule has 0 saturated carbocycles. The van der Waals surface area contributed by atoms with Gasteiger partial charge in [-0.1, -0.05) is 29.8 Å². The molecule has 0 spiro atoms. The van der Waals surface area contributed by atoms with E-state index in [9.17, 15) is 0 Å². The van der Waals surface area contributed by atoms with Crippen molar-refractivity contribution in [2.45, 2.75) is 13.5 Å². The van der Waals surface area contributed by atoms with Gasteiger partial charge in [0.1, 0.15) is 17.5 Å². The van der Waals surface area contributed by atoms with Crippen molar-refractivity contribution in [2.75, 3.05) is 0 Å². The minimum Gasteiger partial charge on any atom is -0.488 e. The van der Waals surface area contributed by atoms with E-state index in [1.807, 2.05) is 38.4 Å². The molecule has 3 rings (SSSR count). The molecular formula is C17H16ClN3O. The molecule has 22 heavy (non-hydrogen) atoms. The van der Waals surface area contributed by atoms with Gasteiger partial charge in [0.2, 0.25) is 0 Å². The Kier molecular flexibility index (Phi) is 3.86. The van der Waals surface area contributed by atoms with Gasteiger partial charge in [-0.15, -0.1) is 0 Å².